The molecule has 3 aromatic rings. The van der Waals surface area contributed by atoms with Crippen LogP contribution < -0.4 is 9.05 Å². The Kier molecular flexibility index (Phi) is 15.9. The largest absolute Gasteiger partial charge is 0.428 e. The Bertz CT molecular complexity index is 1070. The molecular weight excluding hydrogens is 547 g/mol. The van der Waals surface area contributed by atoms with E-state index in [2.05, 4.69) is 74.5 Å². The zero-order valence-electron chi connectivity index (χ0n) is 24.7. The number of hydrogen-bond acceptors (Lipinski definition) is 4. The molecule has 0 aromatic heterocycles. The van der Waals surface area contributed by atoms with Crippen LogP contribution in [-0.2, 0) is 30.4 Å². The first-order valence-electron chi connectivity index (χ1n) is 15.5. The smallest absolute Gasteiger partial charge is 0.348 e. The van der Waals surface area contributed by atoms with Crippen molar-refractivity contribution in [1.82, 2.24) is 0 Å². The van der Waals surface area contributed by atoms with Crippen molar-refractivity contribution in [3.8, 4) is 11.5 Å². The summed E-state index contributed by atoms with van der Waals surface area (Å²) in [5.74, 6) is 2.39. The molecule has 0 aliphatic rings. The van der Waals surface area contributed by atoms with E-state index in [0.717, 1.165) is 30.1 Å². The second-order valence-electron chi connectivity index (χ2n) is 10.7. The average molecular weight is 597 g/mol. The lowest BCUT2D eigenvalue weighted by Gasteiger charge is -2.23. The van der Waals surface area contributed by atoms with Crippen LogP contribution in [0.4, 0.5) is 0 Å². The van der Waals surface area contributed by atoms with Crippen molar-refractivity contribution in [2.24, 2.45) is 0 Å². The fourth-order valence-electron chi connectivity index (χ4n) is 4.79. The Labute approximate surface area is 253 Å². The number of hydrogen-bond donors (Lipinski definition) is 0. The first-order chi connectivity index (χ1) is 19.6. The summed E-state index contributed by atoms with van der Waals surface area (Å²) in [5.41, 5.74) is 1.14. The molecule has 218 valence electrons. The minimum atomic E-state index is -2.71. The van der Waals surface area contributed by atoms with Gasteiger partial charge < -0.3 is 9.05 Å². The van der Waals surface area contributed by atoms with Gasteiger partial charge in [0.2, 0.25) is 0 Å². The summed E-state index contributed by atoms with van der Waals surface area (Å²) in [5, 5.41) is 0. The lowest BCUT2D eigenvalue weighted by atomic mass is 10.0. The quantitative estimate of drug-likeness (QED) is 0.0899. The van der Waals surface area contributed by atoms with Crippen molar-refractivity contribution in [3.63, 3.8) is 0 Å². The fourth-order valence-corrected chi connectivity index (χ4v) is 8.92. The topological polar surface area (TPSA) is 18.5 Å². The van der Waals surface area contributed by atoms with Crippen molar-refractivity contribution in [3.05, 3.63) is 95.6 Å². The minimum Gasteiger partial charge on any atom is -0.428 e. The van der Waals surface area contributed by atoms with Crippen LogP contribution in [-0.4, -0.2) is 0 Å². The normalized spacial score (nSPS) is 11.4. The zero-order chi connectivity index (χ0) is 28.3. The third kappa shape index (κ3) is 13.3. The summed E-state index contributed by atoms with van der Waals surface area (Å²) in [6.45, 7) is 4.53. The van der Waals surface area contributed by atoms with Crippen molar-refractivity contribution in [2.45, 2.75) is 109 Å². The molecule has 0 amide bonds. The van der Waals surface area contributed by atoms with Gasteiger partial charge in [0.25, 0.3) is 0 Å². The second-order valence-corrected chi connectivity index (χ2v) is 16.9. The van der Waals surface area contributed by atoms with E-state index in [1.807, 2.05) is 18.2 Å². The van der Waals surface area contributed by atoms with Gasteiger partial charge in [0, 0.05) is 5.75 Å². The minimum absolute atomic E-state index is 0.757. The fraction of sp³-hybridized carbons (Fsp3) is 0.486. The number of aryl methyl sites for hydroxylation is 2. The van der Waals surface area contributed by atoms with Gasteiger partial charge in [0.1, 0.15) is 11.5 Å². The van der Waals surface area contributed by atoms with Crippen LogP contribution in [0.2, 0.25) is 0 Å². The van der Waals surface area contributed by atoms with Crippen LogP contribution in [0, 0.1) is 0 Å². The molecule has 0 fully saturated rings. The third-order valence-electron chi connectivity index (χ3n) is 7.10. The Morgan fingerprint density at radius 2 is 1.00 bits per heavy atom. The van der Waals surface area contributed by atoms with Crippen molar-refractivity contribution >= 4 is 28.9 Å². The highest BCUT2D eigenvalue weighted by Gasteiger charge is 2.24. The molecule has 0 radical (unpaired) electrons. The summed E-state index contributed by atoms with van der Waals surface area (Å²) >= 11 is 7.79. The maximum atomic E-state index is 6.57. The van der Waals surface area contributed by atoms with Gasteiger partial charge in [-0.2, -0.15) is 0 Å². The van der Waals surface area contributed by atoms with Crippen LogP contribution in [0.1, 0.15) is 108 Å². The highest BCUT2D eigenvalue weighted by molar-refractivity contribution is 8.67. The molecule has 5 heteroatoms. The SMILES string of the molecule is CCCCCCCCc1cccc(OP(=S)(Oc2cccc(CCCCCCCC)c2)SCc2ccccc2)c1. The van der Waals surface area contributed by atoms with E-state index in [4.69, 9.17) is 20.9 Å². The van der Waals surface area contributed by atoms with Crippen LogP contribution in [0.25, 0.3) is 0 Å². The van der Waals surface area contributed by atoms with Gasteiger partial charge in [0.05, 0.1) is 0 Å². The van der Waals surface area contributed by atoms with Gasteiger partial charge in [0.15, 0.2) is 0 Å². The molecule has 0 bridgehead atoms. The molecular formula is C35H49O2PS2. The van der Waals surface area contributed by atoms with Crippen LogP contribution in [0.5, 0.6) is 11.5 Å². The van der Waals surface area contributed by atoms with Crippen LogP contribution in [0.3, 0.4) is 0 Å². The predicted octanol–water partition coefficient (Wildman–Crippen LogP) is 12.1. The second kappa shape index (κ2) is 19.4. The first kappa shape index (κ1) is 32.8. The number of unbranched alkanes of at least 4 members (excludes halogenated alkanes) is 10. The van der Waals surface area contributed by atoms with E-state index >= 15 is 0 Å². The standard InChI is InChI=1S/C35H49O2PS2/c1-3-5-7-9-11-14-20-31-24-18-26-34(28-31)36-38(39,40-30-33-22-16-13-17-23-33)37-35-27-19-25-32(29-35)21-15-12-10-8-6-4-2/h13,16-19,22-29H,3-12,14-15,20-21,30H2,1-2H3. The maximum Gasteiger partial charge on any atom is 0.348 e. The van der Waals surface area contributed by atoms with E-state index in [9.17, 15) is 0 Å². The molecule has 0 N–H and O–H groups in total. The molecule has 0 heterocycles. The van der Waals surface area contributed by atoms with Gasteiger partial charge >= 0.3 is 5.69 Å². The number of benzene rings is 3. The van der Waals surface area contributed by atoms with Gasteiger partial charge in [-0.15, -0.1) is 0 Å². The van der Waals surface area contributed by atoms with Gasteiger partial charge in [-0.05, 0) is 89.8 Å². The van der Waals surface area contributed by atoms with E-state index in [1.54, 1.807) is 11.4 Å². The lowest BCUT2D eigenvalue weighted by molar-refractivity contribution is 0.505. The Morgan fingerprint density at radius 3 is 1.50 bits per heavy atom. The zero-order valence-corrected chi connectivity index (χ0v) is 27.2. The van der Waals surface area contributed by atoms with Gasteiger partial charge in [-0.3, -0.25) is 0 Å². The Morgan fingerprint density at radius 1 is 0.550 bits per heavy atom. The monoisotopic (exact) mass is 596 g/mol. The molecule has 0 saturated carbocycles. The summed E-state index contributed by atoms with van der Waals surface area (Å²) in [4.78, 5) is 0. The lowest BCUT2D eigenvalue weighted by Crippen LogP contribution is -2.00. The average Bonchev–Trinajstić information content (AvgIpc) is 2.97. The Hall–Kier alpha value is -1.74. The third-order valence-corrected chi connectivity index (χ3v) is 11.9. The molecule has 0 spiro atoms. The molecule has 40 heavy (non-hydrogen) atoms. The summed E-state index contributed by atoms with van der Waals surface area (Å²) in [7, 11) is 0. The Balaban J connectivity index is 1.65. The highest BCUT2D eigenvalue weighted by atomic mass is 32.9. The van der Waals surface area contributed by atoms with Gasteiger partial charge in [-0.1, -0.05) is 133 Å². The predicted molar refractivity (Wildman–Crippen MR) is 180 cm³/mol. The van der Waals surface area contributed by atoms with E-state index in [1.165, 1.54) is 93.7 Å². The molecule has 0 atom stereocenters. The van der Waals surface area contributed by atoms with Crippen molar-refractivity contribution < 1.29 is 9.05 Å². The van der Waals surface area contributed by atoms with Gasteiger partial charge in [-0.25, -0.2) is 0 Å². The molecule has 0 aliphatic heterocycles. The summed E-state index contributed by atoms with van der Waals surface area (Å²) in [6.07, 6.45) is 17.8. The summed E-state index contributed by atoms with van der Waals surface area (Å²) < 4.78 is 13.1. The number of rotatable bonds is 21. The first-order valence-corrected chi connectivity index (χ1v) is 19.7. The van der Waals surface area contributed by atoms with E-state index < -0.39 is 5.69 Å². The van der Waals surface area contributed by atoms with E-state index in [-0.39, 0.29) is 0 Å². The van der Waals surface area contributed by atoms with Crippen LogP contribution >= 0.6 is 17.1 Å². The van der Waals surface area contributed by atoms with E-state index in [0.29, 0.717) is 0 Å². The molecule has 3 aromatic carbocycles. The molecule has 2 nitrogen and oxygen atoms in total. The molecule has 0 unspecified atom stereocenters. The highest BCUT2D eigenvalue weighted by Crippen LogP contribution is 2.61. The molecule has 3 rings (SSSR count). The maximum absolute atomic E-state index is 6.57. The summed E-state index contributed by atoms with van der Waals surface area (Å²) in [6, 6.07) is 27.4. The van der Waals surface area contributed by atoms with Crippen LogP contribution in [0.15, 0.2) is 78.9 Å². The molecule has 0 aliphatic carbocycles. The molecule has 0 saturated heterocycles. The van der Waals surface area contributed by atoms with Crippen molar-refractivity contribution in [1.29, 1.82) is 0 Å². The van der Waals surface area contributed by atoms with Crippen molar-refractivity contribution in [2.75, 3.05) is 0 Å².